The highest BCUT2D eigenvalue weighted by Crippen LogP contribution is 2.18. The van der Waals surface area contributed by atoms with E-state index in [1.54, 1.807) is 0 Å². The van der Waals surface area contributed by atoms with Gasteiger partial charge >= 0.3 is 0 Å². The third kappa shape index (κ3) is 2.31. The van der Waals surface area contributed by atoms with Gasteiger partial charge in [-0.2, -0.15) is 0 Å². The second-order valence-corrected chi connectivity index (χ2v) is 3.95. The summed E-state index contributed by atoms with van der Waals surface area (Å²) in [4.78, 5) is 4.39. The van der Waals surface area contributed by atoms with Gasteiger partial charge in [-0.15, -0.1) is 0 Å². The van der Waals surface area contributed by atoms with E-state index in [2.05, 4.69) is 40.7 Å². The van der Waals surface area contributed by atoms with E-state index >= 15 is 0 Å². The van der Waals surface area contributed by atoms with E-state index in [9.17, 15) is 0 Å². The van der Waals surface area contributed by atoms with Crippen molar-refractivity contribution in [1.29, 1.82) is 0 Å². The molecule has 0 aliphatic heterocycles. The second-order valence-electron chi connectivity index (χ2n) is 3.95. The quantitative estimate of drug-likeness (QED) is 0.849. The number of benzene rings is 1. The van der Waals surface area contributed by atoms with Crippen LogP contribution in [0.15, 0.2) is 36.7 Å². The summed E-state index contributed by atoms with van der Waals surface area (Å²) in [6.45, 7) is 3.73. The SMILES string of the molecule is Cc1ccc(-c2nccn2CCCN)cc1. The number of aryl methyl sites for hydroxylation is 2. The summed E-state index contributed by atoms with van der Waals surface area (Å²) >= 11 is 0. The van der Waals surface area contributed by atoms with Crippen LogP contribution in [0.2, 0.25) is 0 Å². The van der Waals surface area contributed by atoms with Crippen LogP contribution >= 0.6 is 0 Å². The standard InChI is InChI=1S/C13H17N3/c1-11-3-5-12(6-4-11)13-15-8-10-16(13)9-2-7-14/h3-6,8,10H,2,7,9,14H2,1H3. The van der Waals surface area contributed by atoms with Crippen LogP contribution in [0.1, 0.15) is 12.0 Å². The van der Waals surface area contributed by atoms with E-state index in [-0.39, 0.29) is 0 Å². The predicted molar refractivity (Wildman–Crippen MR) is 66.1 cm³/mol. The molecule has 0 saturated heterocycles. The minimum atomic E-state index is 0.714. The topological polar surface area (TPSA) is 43.8 Å². The van der Waals surface area contributed by atoms with Crippen molar-refractivity contribution in [3.05, 3.63) is 42.2 Å². The predicted octanol–water partition coefficient (Wildman–Crippen LogP) is 2.21. The fourth-order valence-corrected chi connectivity index (χ4v) is 1.71. The lowest BCUT2D eigenvalue weighted by Gasteiger charge is -2.07. The maximum Gasteiger partial charge on any atom is 0.139 e. The molecule has 0 spiro atoms. The normalized spacial score (nSPS) is 10.6. The van der Waals surface area contributed by atoms with Crippen molar-refractivity contribution in [2.24, 2.45) is 5.73 Å². The van der Waals surface area contributed by atoms with Crippen molar-refractivity contribution in [3.8, 4) is 11.4 Å². The lowest BCUT2D eigenvalue weighted by atomic mass is 10.1. The molecule has 0 atom stereocenters. The molecule has 0 unspecified atom stereocenters. The van der Waals surface area contributed by atoms with Gasteiger partial charge < -0.3 is 10.3 Å². The van der Waals surface area contributed by atoms with Crippen LogP contribution in [0.4, 0.5) is 0 Å². The number of rotatable bonds is 4. The van der Waals surface area contributed by atoms with Crippen LogP contribution in [-0.4, -0.2) is 16.1 Å². The van der Waals surface area contributed by atoms with Gasteiger partial charge in [-0.1, -0.05) is 29.8 Å². The lowest BCUT2D eigenvalue weighted by molar-refractivity contribution is 0.656. The Bertz CT molecular complexity index is 442. The first-order valence-electron chi connectivity index (χ1n) is 5.59. The number of hydrogen-bond donors (Lipinski definition) is 1. The van der Waals surface area contributed by atoms with Crippen molar-refractivity contribution in [2.75, 3.05) is 6.54 Å². The molecule has 3 heteroatoms. The smallest absolute Gasteiger partial charge is 0.139 e. The maximum atomic E-state index is 5.52. The average Bonchev–Trinajstić information content (AvgIpc) is 2.75. The van der Waals surface area contributed by atoms with Gasteiger partial charge in [0.25, 0.3) is 0 Å². The van der Waals surface area contributed by atoms with E-state index in [1.165, 1.54) is 5.56 Å². The molecule has 0 fully saturated rings. The second kappa shape index (κ2) is 4.94. The van der Waals surface area contributed by atoms with Crippen LogP contribution in [0.25, 0.3) is 11.4 Å². The zero-order valence-electron chi connectivity index (χ0n) is 9.56. The minimum Gasteiger partial charge on any atom is -0.331 e. The van der Waals surface area contributed by atoms with Crippen molar-refractivity contribution < 1.29 is 0 Å². The molecule has 1 aromatic heterocycles. The van der Waals surface area contributed by atoms with Crippen molar-refractivity contribution in [1.82, 2.24) is 9.55 Å². The molecule has 0 radical (unpaired) electrons. The summed E-state index contributed by atoms with van der Waals surface area (Å²) in [5.41, 5.74) is 7.95. The maximum absolute atomic E-state index is 5.52. The third-order valence-electron chi connectivity index (χ3n) is 2.63. The number of imidazole rings is 1. The molecule has 0 aliphatic rings. The highest BCUT2D eigenvalue weighted by molar-refractivity contribution is 5.55. The summed E-state index contributed by atoms with van der Waals surface area (Å²) in [6.07, 6.45) is 4.83. The molecule has 2 aromatic rings. The number of aromatic nitrogens is 2. The Morgan fingerprint density at radius 3 is 2.69 bits per heavy atom. The highest BCUT2D eigenvalue weighted by Gasteiger charge is 2.04. The van der Waals surface area contributed by atoms with Crippen molar-refractivity contribution in [3.63, 3.8) is 0 Å². The van der Waals surface area contributed by atoms with Crippen molar-refractivity contribution >= 4 is 0 Å². The zero-order valence-corrected chi connectivity index (χ0v) is 9.56. The number of nitrogens with zero attached hydrogens (tertiary/aromatic N) is 2. The number of nitrogens with two attached hydrogens (primary N) is 1. The first kappa shape index (κ1) is 10.9. The monoisotopic (exact) mass is 215 g/mol. The van der Waals surface area contributed by atoms with E-state index < -0.39 is 0 Å². The first-order valence-corrected chi connectivity index (χ1v) is 5.59. The van der Waals surface area contributed by atoms with Crippen LogP contribution in [0.3, 0.4) is 0 Å². The summed E-state index contributed by atoms with van der Waals surface area (Å²) in [6, 6.07) is 8.43. The Kier molecular flexibility index (Phi) is 3.37. The van der Waals surface area contributed by atoms with Gasteiger partial charge in [-0.25, -0.2) is 4.98 Å². The molecule has 2 rings (SSSR count). The average molecular weight is 215 g/mol. The van der Waals surface area contributed by atoms with E-state index in [0.29, 0.717) is 6.54 Å². The largest absolute Gasteiger partial charge is 0.331 e. The molecule has 1 aromatic carbocycles. The lowest BCUT2D eigenvalue weighted by Crippen LogP contribution is -2.06. The van der Waals surface area contributed by atoms with E-state index in [4.69, 9.17) is 5.73 Å². The molecule has 84 valence electrons. The van der Waals surface area contributed by atoms with Crippen LogP contribution < -0.4 is 5.73 Å². The molecule has 3 nitrogen and oxygen atoms in total. The van der Waals surface area contributed by atoms with Gasteiger partial charge in [-0.3, -0.25) is 0 Å². The summed E-state index contributed by atoms with van der Waals surface area (Å²) in [5, 5.41) is 0. The van der Waals surface area contributed by atoms with E-state index in [1.807, 2.05) is 12.4 Å². The van der Waals surface area contributed by atoms with Crippen LogP contribution in [-0.2, 0) is 6.54 Å². The van der Waals surface area contributed by atoms with E-state index in [0.717, 1.165) is 24.4 Å². The first-order chi connectivity index (χ1) is 7.81. The van der Waals surface area contributed by atoms with Gasteiger partial charge in [0, 0.05) is 24.5 Å². The van der Waals surface area contributed by atoms with Gasteiger partial charge in [0.1, 0.15) is 5.82 Å². The molecule has 2 N–H and O–H groups in total. The Morgan fingerprint density at radius 2 is 2.00 bits per heavy atom. The molecule has 0 saturated carbocycles. The van der Waals surface area contributed by atoms with Gasteiger partial charge in [0.05, 0.1) is 0 Å². The molecule has 16 heavy (non-hydrogen) atoms. The fourth-order valence-electron chi connectivity index (χ4n) is 1.71. The molecule has 0 aliphatic carbocycles. The molecule has 0 amide bonds. The fraction of sp³-hybridized carbons (Fsp3) is 0.308. The number of hydrogen-bond acceptors (Lipinski definition) is 2. The highest BCUT2D eigenvalue weighted by atomic mass is 15.1. The zero-order chi connectivity index (χ0) is 11.4. The molecule has 0 bridgehead atoms. The van der Waals surface area contributed by atoms with Crippen LogP contribution in [0.5, 0.6) is 0 Å². The summed E-state index contributed by atoms with van der Waals surface area (Å²) in [5.74, 6) is 1.02. The van der Waals surface area contributed by atoms with Gasteiger partial charge in [-0.05, 0) is 19.9 Å². The summed E-state index contributed by atoms with van der Waals surface area (Å²) < 4.78 is 2.15. The molecular weight excluding hydrogens is 198 g/mol. The summed E-state index contributed by atoms with van der Waals surface area (Å²) in [7, 11) is 0. The van der Waals surface area contributed by atoms with Crippen molar-refractivity contribution in [2.45, 2.75) is 19.9 Å². The Hall–Kier alpha value is -1.61. The molecular formula is C13H17N3. The third-order valence-corrected chi connectivity index (χ3v) is 2.63. The Morgan fingerprint density at radius 1 is 1.25 bits per heavy atom. The van der Waals surface area contributed by atoms with Crippen LogP contribution in [0, 0.1) is 6.92 Å². The minimum absolute atomic E-state index is 0.714. The van der Waals surface area contributed by atoms with Gasteiger partial charge in [0.2, 0.25) is 0 Å². The van der Waals surface area contributed by atoms with Gasteiger partial charge in [0.15, 0.2) is 0 Å². The molecule has 1 heterocycles. The Labute approximate surface area is 95.9 Å². The Balaban J connectivity index is 2.26.